The minimum absolute atomic E-state index is 0.104. The van der Waals surface area contributed by atoms with Gasteiger partial charge in [0.05, 0.1) is 12.1 Å². The number of amides is 1. The molecule has 0 radical (unpaired) electrons. The molecule has 1 rings (SSSR count). The molecule has 0 aliphatic carbocycles. The third-order valence-corrected chi connectivity index (χ3v) is 4.77. The van der Waals surface area contributed by atoms with Gasteiger partial charge in [-0.1, -0.05) is 45.3 Å². The van der Waals surface area contributed by atoms with Crippen molar-refractivity contribution in [2.24, 2.45) is 5.92 Å². The molecule has 0 spiro atoms. The largest absolute Gasteiger partial charge is 0.396 e. The van der Waals surface area contributed by atoms with Crippen molar-refractivity contribution in [2.75, 3.05) is 13.2 Å². The van der Waals surface area contributed by atoms with E-state index in [1.54, 1.807) is 0 Å². The number of rotatable bonds is 11. The van der Waals surface area contributed by atoms with Crippen LogP contribution >= 0.6 is 0 Å². The van der Waals surface area contributed by atoms with E-state index in [4.69, 9.17) is 5.11 Å². The molecule has 2 N–H and O–H groups in total. The molecule has 1 amide bonds. The van der Waals surface area contributed by atoms with Gasteiger partial charge in [-0.3, -0.25) is 4.79 Å². The molecule has 1 aliphatic rings. The second-order valence-corrected chi connectivity index (χ2v) is 6.95. The minimum atomic E-state index is -0.512. The second kappa shape index (κ2) is 13.0. The van der Waals surface area contributed by atoms with E-state index in [1.807, 2.05) is 30.9 Å². The molecule has 25 heavy (non-hydrogen) atoms. The second-order valence-electron chi connectivity index (χ2n) is 6.95. The smallest absolute Gasteiger partial charge is 0.223 e. The molecule has 1 aliphatic heterocycles. The zero-order valence-corrected chi connectivity index (χ0v) is 15.9. The maximum atomic E-state index is 12.1. The molecule has 0 bridgehead atoms. The number of unbranched alkanes of at least 4 members (excludes halogenated alkanes) is 4. The number of hydrogen-bond acceptors (Lipinski definition) is 3. The van der Waals surface area contributed by atoms with Crippen LogP contribution in [-0.4, -0.2) is 46.3 Å². The maximum Gasteiger partial charge on any atom is 0.223 e. The third kappa shape index (κ3) is 8.56. The van der Waals surface area contributed by atoms with Gasteiger partial charge >= 0.3 is 0 Å². The first-order chi connectivity index (χ1) is 12.1. The van der Waals surface area contributed by atoms with Crippen LogP contribution in [0.5, 0.6) is 0 Å². The van der Waals surface area contributed by atoms with Crippen LogP contribution in [0.1, 0.15) is 71.6 Å². The van der Waals surface area contributed by atoms with E-state index < -0.39 is 6.10 Å². The standard InChI is InChI=1S/C21H35NO3/c1-3-4-8-11-18(2)20(24)14-12-19-13-15-21(25)22(19)16-9-6-5-7-10-17-23/h12,14,18-20,23-24H,3,5-7,9-11,13,15-17H2,1-2H3/t18-,19-,20-/m0/s1. The first kappa shape index (κ1) is 21.7. The Kier molecular flexibility index (Phi) is 11.3. The lowest BCUT2D eigenvalue weighted by Crippen LogP contribution is -2.33. The first-order valence-electron chi connectivity index (χ1n) is 9.82. The highest BCUT2D eigenvalue weighted by molar-refractivity contribution is 5.79. The third-order valence-electron chi connectivity index (χ3n) is 4.77. The van der Waals surface area contributed by atoms with Crippen molar-refractivity contribution in [1.82, 2.24) is 4.90 Å². The summed E-state index contributed by atoms with van der Waals surface area (Å²) in [6.45, 7) is 5.08. The van der Waals surface area contributed by atoms with Crippen LogP contribution in [0.25, 0.3) is 0 Å². The summed E-state index contributed by atoms with van der Waals surface area (Å²) in [5.74, 6) is 6.45. The van der Waals surface area contributed by atoms with Crippen molar-refractivity contribution in [3.8, 4) is 11.8 Å². The fourth-order valence-electron chi connectivity index (χ4n) is 3.08. The molecule has 1 heterocycles. The lowest BCUT2D eigenvalue weighted by atomic mass is 10.00. The molecule has 0 unspecified atom stereocenters. The normalized spacial score (nSPS) is 19.9. The van der Waals surface area contributed by atoms with Gasteiger partial charge < -0.3 is 15.1 Å². The monoisotopic (exact) mass is 349 g/mol. The quantitative estimate of drug-likeness (QED) is 0.342. The van der Waals surface area contributed by atoms with Crippen LogP contribution in [0.15, 0.2) is 12.2 Å². The van der Waals surface area contributed by atoms with Gasteiger partial charge in [-0.15, -0.1) is 11.8 Å². The first-order valence-corrected chi connectivity index (χ1v) is 9.82. The highest BCUT2D eigenvalue weighted by Gasteiger charge is 2.28. The average Bonchev–Trinajstić information content (AvgIpc) is 2.96. The summed E-state index contributed by atoms with van der Waals surface area (Å²) in [6.07, 6.45) is 11.5. The summed E-state index contributed by atoms with van der Waals surface area (Å²) in [5, 5.41) is 19.0. The van der Waals surface area contributed by atoms with Crippen LogP contribution < -0.4 is 0 Å². The molecule has 4 nitrogen and oxygen atoms in total. The van der Waals surface area contributed by atoms with E-state index in [2.05, 4.69) is 11.8 Å². The summed E-state index contributed by atoms with van der Waals surface area (Å²) >= 11 is 0. The van der Waals surface area contributed by atoms with Gasteiger partial charge in [0.2, 0.25) is 5.91 Å². The van der Waals surface area contributed by atoms with Gasteiger partial charge in [-0.2, -0.15) is 0 Å². The maximum absolute atomic E-state index is 12.1. The number of aliphatic hydroxyl groups is 2. The van der Waals surface area contributed by atoms with Crippen molar-refractivity contribution in [1.29, 1.82) is 0 Å². The van der Waals surface area contributed by atoms with E-state index >= 15 is 0 Å². The molecule has 1 fully saturated rings. The van der Waals surface area contributed by atoms with Crippen LogP contribution in [-0.2, 0) is 4.79 Å². The highest BCUT2D eigenvalue weighted by atomic mass is 16.3. The molecule has 1 saturated heterocycles. The van der Waals surface area contributed by atoms with E-state index in [9.17, 15) is 9.90 Å². The Labute approximate surface area is 153 Å². The summed E-state index contributed by atoms with van der Waals surface area (Å²) in [6, 6.07) is 0.119. The van der Waals surface area contributed by atoms with Gasteiger partial charge in [0.1, 0.15) is 0 Å². The van der Waals surface area contributed by atoms with E-state index in [1.165, 1.54) is 0 Å². The fourth-order valence-corrected chi connectivity index (χ4v) is 3.08. The van der Waals surface area contributed by atoms with Crippen molar-refractivity contribution in [2.45, 2.75) is 83.8 Å². The van der Waals surface area contributed by atoms with Crippen LogP contribution in [0.3, 0.4) is 0 Å². The van der Waals surface area contributed by atoms with Gasteiger partial charge in [0.15, 0.2) is 0 Å². The summed E-state index contributed by atoms with van der Waals surface area (Å²) in [7, 11) is 0. The predicted molar refractivity (Wildman–Crippen MR) is 102 cm³/mol. The van der Waals surface area contributed by atoms with Crippen LogP contribution in [0.2, 0.25) is 0 Å². The Bertz CT molecular complexity index is 463. The van der Waals surface area contributed by atoms with Gasteiger partial charge in [-0.25, -0.2) is 0 Å². The van der Waals surface area contributed by atoms with Crippen molar-refractivity contribution >= 4 is 5.91 Å². The van der Waals surface area contributed by atoms with E-state index in [0.717, 1.165) is 51.5 Å². The van der Waals surface area contributed by atoms with Crippen molar-refractivity contribution < 1.29 is 15.0 Å². The zero-order valence-electron chi connectivity index (χ0n) is 15.9. The minimum Gasteiger partial charge on any atom is -0.396 e. The van der Waals surface area contributed by atoms with Gasteiger partial charge in [-0.05, 0) is 25.2 Å². The van der Waals surface area contributed by atoms with Crippen molar-refractivity contribution in [3.63, 3.8) is 0 Å². The molecule has 0 aromatic carbocycles. The topological polar surface area (TPSA) is 60.8 Å². The number of nitrogens with zero attached hydrogens (tertiary/aromatic N) is 1. The molecule has 3 atom stereocenters. The molecule has 4 heteroatoms. The van der Waals surface area contributed by atoms with Gasteiger partial charge in [0.25, 0.3) is 0 Å². The molecular weight excluding hydrogens is 314 g/mol. The molecule has 142 valence electrons. The number of likely N-dealkylation sites (tertiary alicyclic amines) is 1. The fraction of sp³-hybridized carbons (Fsp3) is 0.762. The van der Waals surface area contributed by atoms with Gasteiger partial charge in [0, 0.05) is 32.4 Å². The molecule has 0 aromatic heterocycles. The summed E-state index contributed by atoms with van der Waals surface area (Å²) in [5.41, 5.74) is 0. The summed E-state index contributed by atoms with van der Waals surface area (Å²) < 4.78 is 0. The lowest BCUT2D eigenvalue weighted by molar-refractivity contribution is -0.128. The molecular formula is C21H35NO3. The van der Waals surface area contributed by atoms with Crippen LogP contribution in [0, 0.1) is 17.8 Å². The Morgan fingerprint density at radius 3 is 2.68 bits per heavy atom. The van der Waals surface area contributed by atoms with Crippen molar-refractivity contribution in [3.05, 3.63) is 12.2 Å². The molecule has 0 saturated carbocycles. The highest BCUT2D eigenvalue weighted by Crippen LogP contribution is 2.21. The number of aliphatic hydroxyl groups excluding tert-OH is 2. The Hall–Kier alpha value is -1.31. The average molecular weight is 350 g/mol. The number of hydrogen-bond donors (Lipinski definition) is 2. The molecule has 0 aromatic rings. The predicted octanol–water partition coefficient (Wildman–Crippen LogP) is 3.28. The zero-order chi connectivity index (χ0) is 18.5. The Balaban J connectivity index is 2.40. The van der Waals surface area contributed by atoms with E-state index in [0.29, 0.717) is 12.8 Å². The number of carbonyl (C=O) groups excluding carboxylic acids is 1. The SMILES string of the molecule is CCC#CC[C@H](C)[C@@H](O)C=C[C@H]1CCC(=O)N1CCCCCCCO. The van der Waals surface area contributed by atoms with E-state index in [-0.39, 0.29) is 24.5 Å². The Morgan fingerprint density at radius 2 is 1.96 bits per heavy atom. The number of carbonyl (C=O) groups is 1. The van der Waals surface area contributed by atoms with Crippen LogP contribution in [0.4, 0.5) is 0 Å². The lowest BCUT2D eigenvalue weighted by Gasteiger charge is -2.23. The Morgan fingerprint density at radius 1 is 1.24 bits per heavy atom. The summed E-state index contributed by atoms with van der Waals surface area (Å²) in [4.78, 5) is 14.0.